The highest BCUT2D eigenvalue weighted by molar-refractivity contribution is 7.99. The molecule has 26 heavy (non-hydrogen) atoms. The Morgan fingerprint density at radius 1 is 1.12 bits per heavy atom. The number of tetrazole rings is 1. The van der Waals surface area contributed by atoms with E-state index in [0.29, 0.717) is 5.16 Å². The fraction of sp³-hybridized carbons (Fsp3) is 0.125. The highest BCUT2D eigenvalue weighted by Crippen LogP contribution is 2.21. The third-order valence-electron chi connectivity index (χ3n) is 3.36. The lowest BCUT2D eigenvalue weighted by Crippen LogP contribution is -2.16. The molecule has 0 radical (unpaired) electrons. The summed E-state index contributed by atoms with van der Waals surface area (Å²) in [5, 5.41) is 13.8. The number of hydrogen-bond donors (Lipinski definition) is 1. The van der Waals surface area contributed by atoms with Crippen LogP contribution in [0.2, 0.25) is 0 Å². The number of halogens is 3. The first kappa shape index (κ1) is 17.9. The average Bonchev–Trinajstić information content (AvgIpc) is 3.10. The molecule has 0 aliphatic rings. The number of anilines is 1. The zero-order chi connectivity index (χ0) is 18.7. The van der Waals surface area contributed by atoms with Crippen LogP contribution in [0, 0.1) is 24.4 Å². The maximum Gasteiger partial charge on any atom is 0.234 e. The Balaban J connectivity index is 1.67. The SMILES string of the molecule is Cc1ccc(-n2nnnc2SCC(=O)Nc2ccc(F)c(F)c2F)cc1. The number of hydrogen-bond acceptors (Lipinski definition) is 5. The van der Waals surface area contributed by atoms with Crippen molar-refractivity contribution in [3.05, 3.63) is 59.4 Å². The highest BCUT2D eigenvalue weighted by Gasteiger charge is 2.16. The molecule has 1 N–H and O–H groups in total. The number of thioether (sulfide) groups is 1. The van der Waals surface area contributed by atoms with Gasteiger partial charge in [0.1, 0.15) is 0 Å². The largest absolute Gasteiger partial charge is 0.323 e. The van der Waals surface area contributed by atoms with Crippen LogP contribution in [-0.2, 0) is 4.79 Å². The lowest BCUT2D eigenvalue weighted by molar-refractivity contribution is -0.113. The van der Waals surface area contributed by atoms with Crippen LogP contribution in [0.1, 0.15) is 5.56 Å². The predicted octanol–water partition coefficient (Wildman–Crippen LogP) is 3.12. The molecular formula is C16H12F3N5OS. The molecule has 6 nitrogen and oxygen atoms in total. The fourth-order valence-corrected chi connectivity index (χ4v) is 2.75. The summed E-state index contributed by atoms with van der Waals surface area (Å²) in [6.45, 7) is 1.95. The van der Waals surface area contributed by atoms with Crippen LogP contribution in [-0.4, -0.2) is 31.9 Å². The van der Waals surface area contributed by atoms with Gasteiger partial charge in [0.2, 0.25) is 11.1 Å². The van der Waals surface area contributed by atoms with Crippen LogP contribution in [0.3, 0.4) is 0 Å². The van der Waals surface area contributed by atoms with E-state index in [2.05, 4.69) is 20.8 Å². The van der Waals surface area contributed by atoms with Crippen molar-refractivity contribution in [1.29, 1.82) is 0 Å². The number of amides is 1. The molecule has 1 aromatic heterocycles. The molecular weight excluding hydrogens is 367 g/mol. The van der Waals surface area contributed by atoms with Crippen molar-refractivity contribution < 1.29 is 18.0 Å². The number of rotatable bonds is 5. The molecule has 0 aliphatic heterocycles. The van der Waals surface area contributed by atoms with Gasteiger partial charge in [0.05, 0.1) is 17.1 Å². The molecule has 0 spiro atoms. The molecule has 3 rings (SSSR count). The molecule has 0 bridgehead atoms. The van der Waals surface area contributed by atoms with E-state index in [4.69, 9.17) is 0 Å². The van der Waals surface area contributed by atoms with E-state index in [1.807, 2.05) is 31.2 Å². The van der Waals surface area contributed by atoms with Crippen LogP contribution in [0.15, 0.2) is 41.6 Å². The Morgan fingerprint density at radius 2 is 1.85 bits per heavy atom. The number of aryl methyl sites for hydroxylation is 1. The van der Waals surface area contributed by atoms with Gasteiger partial charge in [-0.15, -0.1) is 5.10 Å². The molecule has 134 valence electrons. The van der Waals surface area contributed by atoms with E-state index >= 15 is 0 Å². The maximum absolute atomic E-state index is 13.6. The van der Waals surface area contributed by atoms with Gasteiger partial charge >= 0.3 is 0 Å². The van der Waals surface area contributed by atoms with Crippen molar-refractivity contribution in [2.75, 3.05) is 11.1 Å². The summed E-state index contributed by atoms with van der Waals surface area (Å²) in [7, 11) is 0. The van der Waals surface area contributed by atoms with E-state index in [1.54, 1.807) is 0 Å². The first-order valence-corrected chi connectivity index (χ1v) is 8.36. The summed E-state index contributed by atoms with van der Waals surface area (Å²) in [5.74, 6) is -5.18. The van der Waals surface area contributed by atoms with E-state index in [-0.39, 0.29) is 5.75 Å². The van der Waals surface area contributed by atoms with Gasteiger partial charge in [-0.1, -0.05) is 29.5 Å². The zero-order valence-corrected chi connectivity index (χ0v) is 14.2. The molecule has 0 aliphatic carbocycles. The summed E-state index contributed by atoms with van der Waals surface area (Å²) in [5.41, 5.74) is 1.35. The lowest BCUT2D eigenvalue weighted by atomic mass is 10.2. The summed E-state index contributed by atoms with van der Waals surface area (Å²) in [6.07, 6.45) is 0. The number of benzene rings is 2. The Morgan fingerprint density at radius 3 is 2.58 bits per heavy atom. The number of aromatic nitrogens is 4. The van der Waals surface area contributed by atoms with Crippen LogP contribution in [0.5, 0.6) is 0 Å². The quantitative estimate of drug-likeness (QED) is 0.545. The highest BCUT2D eigenvalue weighted by atomic mass is 32.2. The smallest absolute Gasteiger partial charge is 0.234 e. The number of nitrogens with one attached hydrogen (secondary N) is 1. The third kappa shape index (κ3) is 3.85. The Bertz CT molecular complexity index is 946. The summed E-state index contributed by atoms with van der Waals surface area (Å²) in [6, 6.07) is 9.12. The summed E-state index contributed by atoms with van der Waals surface area (Å²) >= 11 is 1.02. The molecule has 0 saturated heterocycles. The van der Waals surface area contributed by atoms with Crippen molar-refractivity contribution in [2.24, 2.45) is 0 Å². The second kappa shape index (κ2) is 7.56. The third-order valence-corrected chi connectivity index (χ3v) is 4.28. The zero-order valence-electron chi connectivity index (χ0n) is 13.4. The molecule has 0 saturated carbocycles. The monoisotopic (exact) mass is 379 g/mol. The van der Waals surface area contributed by atoms with E-state index in [0.717, 1.165) is 35.1 Å². The first-order valence-electron chi connectivity index (χ1n) is 7.37. The number of nitrogens with zero attached hydrogens (tertiary/aromatic N) is 4. The molecule has 1 heterocycles. The first-order chi connectivity index (χ1) is 12.5. The van der Waals surface area contributed by atoms with E-state index in [9.17, 15) is 18.0 Å². The second-order valence-electron chi connectivity index (χ2n) is 5.27. The Kier molecular flexibility index (Phi) is 5.21. The normalized spacial score (nSPS) is 10.8. The lowest BCUT2D eigenvalue weighted by Gasteiger charge is -2.07. The fourth-order valence-electron chi connectivity index (χ4n) is 2.06. The van der Waals surface area contributed by atoms with Gasteiger partial charge in [0, 0.05) is 0 Å². The average molecular weight is 379 g/mol. The molecule has 0 fully saturated rings. The number of carbonyl (C=O) groups is 1. The van der Waals surface area contributed by atoms with Gasteiger partial charge in [-0.3, -0.25) is 4.79 Å². The molecule has 1 amide bonds. The van der Waals surface area contributed by atoms with Crippen molar-refractivity contribution in [3.63, 3.8) is 0 Å². The van der Waals surface area contributed by atoms with Crippen LogP contribution < -0.4 is 5.32 Å². The predicted molar refractivity (Wildman–Crippen MR) is 89.6 cm³/mol. The topological polar surface area (TPSA) is 72.7 Å². The van der Waals surface area contributed by atoms with Gasteiger partial charge in [0.15, 0.2) is 17.5 Å². The van der Waals surface area contributed by atoms with E-state index in [1.165, 1.54) is 4.68 Å². The van der Waals surface area contributed by atoms with E-state index < -0.39 is 29.0 Å². The summed E-state index contributed by atoms with van der Waals surface area (Å²) in [4.78, 5) is 12.0. The van der Waals surface area contributed by atoms with Gasteiger partial charge in [0.25, 0.3) is 0 Å². The minimum atomic E-state index is -1.64. The maximum atomic E-state index is 13.6. The van der Waals surface area contributed by atoms with Crippen LogP contribution >= 0.6 is 11.8 Å². The van der Waals surface area contributed by atoms with Crippen LogP contribution in [0.4, 0.5) is 18.9 Å². The van der Waals surface area contributed by atoms with Crippen molar-refractivity contribution in [2.45, 2.75) is 12.1 Å². The standard InChI is InChI=1S/C16H12F3N5OS/c1-9-2-4-10(5-3-9)24-16(21-22-23-24)26-8-13(25)20-12-7-6-11(17)14(18)15(12)19/h2-7H,8H2,1H3,(H,20,25). The van der Waals surface area contributed by atoms with Crippen molar-refractivity contribution in [3.8, 4) is 5.69 Å². The Labute approximate surface area is 150 Å². The number of carbonyl (C=O) groups excluding carboxylic acids is 1. The van der Waals surface area contributed by atoms with Gasteiger partial charge in [-0.2, -0.15) is 4.68 Å². The van der Waals surface area contributed by atoms with Gasteiger partial charge in [-0.25, -0.2) is 13.2 Å². The van der Waals surface area contributed by atoms with Gasteiger partial charge < -0.3 is 5.32 Å². The molecule has 2 aromatic carbocycles. The minimum absolute atomic E-state index is 0.148. The van der Waals surface area contributed by atoms with Crippen LogP contribution in [0.25, 0.3) is 5.69 Å². The van der Waals surface area contributed by atoms with Crippen molar-refractivity contribution >= 4 is 23.4 Å². The second-order valence-corrected chi connectivity index (χ2v) is 6.21. The Hall–Kier alpha value is -2.88. The van der Waals surface area contributed by atoms with Gasteiger partial charge in [-0.05, 0) is 41.6 Å². The summed E-state index contributed by atoms with van der Waals surface area (Å²) < 4.78 is 41.1. The molecule has 0 unspecified atom stereocenters. The molecule has 0 atom stereocenters. The molecule has 3 aromatic rings. The minimum Gasteiger partial charge on any atom is -0.323 e. The molecule has 10 heteroatoms. The van der Waals surface area contributed by atoms with Crippen molar-refractivity contribution in [1.82, 2.24) is 20.2 Å².